The summed E-state index contributed by atoms with van der Waals surface area (Å²) in [5, 5.41) is 10.7. The first-order chi connectivity index (χ1) is 14.4. The maximum absolute atomic E-state index is 12.4. The fourth-order valence-electron chi connectivity index (χ4n) is 2.69. The van der Waals surface area contributed by atoms with Crippen LogP contribution in [0.15, 0.2) is 46.9 Å². The standard InChI is InChI=1S/C21H21F2N3O4/c1-13-3-6-15(7-4-13)20-26-25-19(30-20)10-9-18(27)24-12-14-5-8-16(29-21(22)23)17(11-14)28-2/h3-8,11,21H,9-10,12H2,1-2H3,(H,24,27). The first-order valence-electron chi connectivity index (χ1n) is 9.22. The van der Waals surface area contributed by atoms with Crippen molar-refractivity contribution in [2.24, 2.45) is 0 Å². The van der Waals surface area contributed by atoms with Crippen molar-refractivity contribution in [1.29, 1.82) is 0 Å². The molecule has 30 heavy (non-hydrogen) atoms. The topological polar surface area (TPSA) is 86.5 Å². The second kappa shape index (κ2) is 9.82. The lowest BCUT2D eigenvalue weighted by Gasteiger charge is -2.11. The third kappa shape index (κ3) is 5.76. The molecule has 0 aliphatic carbocycles. The van der Waals surface area contributed by atoms with Gasteiger partial charge in [0.25, 0.3) is 0 Å². The molecule has 0 fully saturated rings. The number of ether oxygens (including phenoxy) is 2. The SMILES string of the molecule is COc1cc(CNC(=O)CCc2nnc(-c3ccc(C)cc3)o2)ccc1OC(F)F. The predicted octanol–water partition coefficient (Wildman–Crippen LogP) is 3.90. The van der Waals surface area contributed by atoms with Crippen LogP contribution in [0.25, 0.3) is 11.5 Å². The molecule has 9 heteroatoms. The highest BCUT2D eigenvalue weighted by Crippen LogP contribution is 2.29. The monoisotopic (exact) mass is 417 g/mol. The molecule has 0 atom stereocenters. The van der Waals surface area contributed by atoms with Crippen molar-refractivity contribution >= 4 is 5.91 Å². The Morgan fingerprint density at radius 3 is 2.60 bits per heavy atom. The molecule has 0 spiro atoms. The number of carbonyl (C=O) groups is 1. The van der Waals surface area contributed by atoms with E-state index in [1.165, 1.54) is 19.2 Å². The largest absolute Gasteiger partial charge is 0.493 e. The van der Waals surface area contributed by atoms with Crippen molar-refractivity contribution in [1.82, 2.24) is 15.5 Å². The van der Waals surface area contributed by atoms with Crippen LogP contribution in [0.4, 0.5) is 8.78 Å². The van der Waals surface area contributed by atoms with E-state index >= 15 is 0 Å². The van der Waals surface area contributed by atoms with E-state index in [9.17, 15) is 13.6 Å². The maximum atomic E-state index is 12.4. The van der Waals surface area contributed by atoms with Gasteiger partial charge in [-0.1, -0.05) is 23.8 Å². The van der Waals surface area contributed by atoms with Crippen molar-refractivity contribution in [2.75, 3.05) is 7.11 Å². The summed E-state index contributed by atoms with van der Waals surface area (Å²) in [5.41, 5.74) is 2.63. The molecule has 0 radical (unpaired) electrons. The van der Waals surface area contributed by atoms with Gasteiger partial charge in [0.05, 0.1) is 7.11 Å². The van der Waals surface area contributed by atoms with Gasteiger partial charge in [0, 0.05) is 24.9 Å². The van der Waals surface area contributed by atoms with Crippen LogP contribution in [0.2, 0.25) is 0 Å². The second-order valence-electron chi connectivity index (χ2n) is 6.51. The molecule has 158 valence electrons. The molecular formula is C21H21F2N3O4. The minimum absolute atomic E-state index is 0.0663. The number of rotatable bonds is 9. The maximum Gasteiger partial charge on any atom is 0.387 e. The lowest BCUT2D eigenvalue weighted by atomic mass is 10.1. The highest BCUT2D eigenvalue weighted by atomic mass is 19.3. The highest BCUT2D eigenvalue weighted by molar-refractivity contribution is 5.76. The highest BCUT2D eigenvalue weighted by Gasteiger charge is 2.13. The molecule has 1 amide bonds. The van der Waals surface area contributed by atoms with E-state index in [-0.39, 0.29) is 30.4 Å². The van der Waals surface area contributed by atoms with Crippen LogP contribution in [-0.4, -0.2) is 29.8 Å². The third-order valence-electron chi connectivity index (χ3n) is 4.27. The number of benzene rings is 2. The molecule has 7 nitrogen and oxygen atoms in total. The Bertz CT molecular complexity index is 990. The van der Waals surface area contributed by atoms with Gasteiger partial charge in [-0.15, -0.1) is 10.2 Å². The molecule has 0 aliphatic rings. The average molecular weight is 417 g/mol. The molecule has 0 saturated heterocycles. The Balaban J connectivity index is 1.50. The Labute approximate surface area is 172 Å². The number of methoxy groups -OCH3 is 1. The number of nitrogens with one attached hydrogen (secondary N) is 1. The Morgan fingerprint density at radius 2 is 1.90 bits per heavy atom. The number of carbonyl (C=O) groups excluding carboxylic acids is 1. The van der Waals surface area contributed by atoms with Crippen molar-refractivity contribution < 1.29 is 27.5 Å². The smallest absolute Gasteiger partial charge is 0.387 e. The van der Waals surface area contributed by atoms with Crippen LogP contribution >= 0.6 is 0 Å². The zero-order valence-electron chi connectivity index (χ0n) is 16.5. The van der Waals surface area contributed by atoms with Crippen molar-refractivity contribution in [3.63, 3.8) is 0 Å². The van der Waals surface area contributed by atoms with E-state index in [4.69, 9.17) is 9.15 Å². The van der Waals surface area contributed by atoms with Crippen molar-refractivity contribution in [3.8, 4) is 23.0 Å². The minimum atomic E-state index is -2.94. The molecule has 3 aromatic rings. The van der Waals surface area contributed by atoms with Crippen LogP contribution in [0.1, 0.15) is 23.4 Å². The first kappa shape index (κ1) is 21.2. The molecule has 1 aromatic heterocycles. The Hall–Kier alpha value is -3.49. The third-order valence-corrected chi connectivity index (χ3v) is 4.27. The zero-order chi connectivity index (χ0) is 21.5. The van der Waals surface area contributed by atoms with Crippen LogP contribution in [0, 0.1) is 6.92 Å². The molecule has 0 bridgehead atoms. The summed E-state index contributed by atoms with van der Waals surface area (Å²) >= 11 is 0. The summed E-state index contributed by atoms with van der Waals surface area (Å²) in [6.45, 7) is -0.744. The van der Waals surface area contributed by atoms with Crippen LogP contribution in [0.3, 0.4) is 0 Å². The van der Waals surface area contributed by atoms with Crippen LogP contribution in [0.5, 0.6) is 11.5 Å². The molecule has 0 saturated carbocycles. The summed E-state index contributed by atoms with van der Waals surface area (Å²) in [5.74, 6) is 0.663. The number of hydrogen-bond acceptors (Lipinski definition) is 6. The van der Waals surface area contributed by atoms with Gasteiger partial charge < -0.3 is 19.2 Å². The van der Waals surface area contributed by atoms with Gasteiger partial charge in [-0.2, -0.15) is 8.78 Å². The van der Waals surface area contributed by atoms with Gasteiger partial charge in [-0.3, -0.25) is 4.79 Å². The molecular weight excluding hydrogens is 396 g/mol. The average Bonchev–Trinajstić information content (AvgIpc) is 3.20. The fraction of sp³-hybridized carbons (Fsp3) is 0.286. The summed E-state index contributed by atoms with van der Waals surface area (Å²) in [6, 6.07) is 12.2. The summed E-state index contributed by atoms with van der Waals surface area (Å²) in [4.78, 5) is 12.1. The molecule has 0 aliphatic heterocycles. The van der Waals surface area contributed by atoms with Gasteiger partial charge in [-0.25, -0.2) is 0 Å². The van der Waals surface area contributed by atoms with Crippen molar-refractivity contribution in [2.45, 2.75) is 32.9 Å². The summed E-state index contributed by atoms with van der Waals surface area (Å²) in [7, 11) is 1.35. The lowest BCUT2D eigenvalue weighted by Crippen LogP contribution is -2.23. The molecule has 1 N–H and O–H groups in total. The number of alkyl halides is 2. The normalized spacial score (nSPS) is 10.8. The van der Waals surface area contributed by atoms with Crippen LogP contribution < -0.4 is 14.8 Å². The van der Waals surface area contributed by atoms with Gasteiger partial charge in [0.15, 0.2) is 11.5 Å². The van der Waals surface area contributed by atoms with Crippen LogP contribution in [-0.2, 0) is 17.8 Å². The number of amides is 1. The number of aromatic nitrogens is 2. The first-order valence-corrected chi connectivity index (χ1v) is 9.22. The fourth-order valence-corrected chi connectivity index (χ4v) is 2.69. The van der Waals surface area contributed by atoms with Gasteiger partial charge >= 0.3 is 6.61 Å². The van der Waals surface area contributed by atoms with E-state index in [1.54, 1.807) is 6.07 Å². The lowest BCUT2D eigenvalue weighted by molar-refractivity contribution is -0.121. The molecule has 3 rings (SSSR count). The van der Waals surface area contributed by atoms with Gasteiger partial charge in [0.2, 0.25) is 17.7 Å². The quantitative estimate of drug-likeness (QED) is 0.568. The second-order valence-corrected chi connectivity index (χ2v) is 6.51. The van der Waals surface area contributed by atoms with E-state index < -0.39 is 6.61 Å². The predicted molar refractivity (Wildman–Crippen MR) is 104 cm³/mol. The molecule has 2 aromatic carbocycles. The zero-order valence-corrected chi connectivity index (χ0v) is 16.5. The number of aryl methyl sites for hydroxylation is 2. The summed E-state index contributed by atoms with van der Waals surface area (Å²) in [6.07, 6.45) is 0.467. The van der Waals surface area contributed by atoms with E-state index in [1.807, 2.05) is 31.2 Å². The number of halogens is 2. The molecule has 0 unspecified atom stereocenters. The molecule has 1 heterocycles. The number of hydrogen-bond donors (Lipinski definition) is 1. The Kier molecular flexibility index (Phi) is 6.95. The van der Waals surface area contributed by atoms with E-state index in [0.29, 0.717) is 23.8 Å². The summed E-state index contributed by atoms with van der Waals surface area (Å²) < 4.78 is 39.8. The van der Waals surface area contributed by atoms with Gasteiger partial charge in [0.1, 0.15) is 0 Å². The number of nitrogens with zero attached hydrogens (tertiary/aromatic N) is 2. The van der Waals surface area contributed by atoms with Gasteiger partial charge in [-0.05, 0) is 36.8 Å². The van der Waals surface area contributed by atoms with Crippen molar-refractivity contribution in [3.05, 3.63) is 59.5 Å². The Morgan fingerprint density at radius 1 is 1.13 bits per heavy atom. The van der Waals surface area contributed by atoms with E-state index in [2.05, 4.69) is 20.3 Å². The van der Waals surface area contributed by atoms with E-state index in [0.717, 1.165) is 11.1 Å². The minimum Gasteiger partial charge on any atom is -0.493 e.